The molecule has 0 radical (unpaired) electrons. The number of hydrogen-bond acceptors (Lipinski definition) is 4. The fraction of sp³-hybridized carbons (Fsp3) is 0.864. The summed E-state index contributed by atoms with van der Waals surface area (Å²) in [6.07, 6.45) is 16.2. The van der Waals surface area contributed by atoms with Gasteiger partial charge in [0.05, 0.1) is 6.10 Å². The summed E-state index contributed by atoms with van der Waals surface area (Å²) in [5.74, 6) is -0.315. The maximum Gasteiger partial charge on any atom is 0.337 e. The van der Waals surface area contributed by atoms with Gasteiger partial charge in [0, 0.05) is 20.3 Å². The van der Waals surface area contributed by atoms with Crippen molar-refractivity contribution in [1.82, 2.24) is 0 Å². The summed E-state index contributed by atoms with van der Waals surface area (Å²) in [7, 11) is 1.75. The largest absolute Gasteiger partial charge is 0.460 e. The third kappa shape index (κ3) is 14.1. The number of ether oxygens (including phenoxy) is 1. The molecule has 0 rings (SSSR count). The van der Waals surface area contributed by atoms with Crippen molar-refractivity contribution >= 4 is 14.5 Å². The Kier molecular flexibility index (Phi) is 17.0. The molecule has 4 nitrogen and oxygen atoms in total. The molecule has 0 heterocycles. The zero-order valence-corrected chi connectivity index (χ0v) is 19.4. The minimum atomic E-state index is -1.89. The van der Waals surface area contributed by atoms with Gasteiger partial charge in [0.25, 0.3) is 0 Å². The van der Waals surface area contributed by atoms with Gasteiger partial charge >= 0.3 is 14.5 Å². The summed E-state index contributed by atoms with van der Waals surface area (Å²) in [4.78, 5) is 11.1. The fourth-order valence-corrected chi connectivity index (χ4v) is 6.33. The van der Waals surface area contributed by atoms with Gasteiger partial charge in [-0.3, -0.25) is 0 Å². The third-order valence-corrected chi connectivity index (χ3v) is 9.14. The second kappa shape index (κ2) is 17.4. The number of carbonyl (C=O) groups excluding carboxylic acids is 1. The fourth-order valence-electron chi connectivity index (χ4n) is 3.54. The predicted molar refractivity (Wildman–Crippen MR) is 116 cm³/mol. The first-order chi connectivity index (χ1) is 13.0. The second-order valence-corrected chi connectivity index (χ2v) is 11.2. The minimum absolute atomic E-state index is 0.00541. The minimum Gasteiger partial charge on any atom is -0.460 e. The number of esters is 1. The van der Waals surface area contributed by atoms with Crippen LogP contribution >= 0.6 is 0 Å². The van der Waals surface area contributed by atoms with Crippen LogP contribution in [-0.2, 0) is 18.4 Å². The van der Waals surface area contributed by atoms with E-state index < -0.39 is 8.56 Å². The monoisotopic (exact) mass is 400 g/mol. The molecule has 0 saturated heterocycles. The van der Waals surface area contributed by atoms with Gasteiger partial charge in [0.2, 0.25) is 0 Å². The van der Waals surface area contributed by atoms with E-state index in [1.807, 2.05) is 21.1 Å². The number of unbranched alkanes of at least 4 members (excludes halogenated alkanes) is 9. The Morgan fingerprint density at radius 1 is 0.889 bits per heavy atom. The molecule has 0 aliphatic carbocycles. The van der Waals surface area contributed by atoms with Crippen LogP contribution in [0.5, 0.6) is 0 Å². The van der Waals surface area contributed by atoms with E-state index in [9.17, 15) is 4.79 Å². The van der Waals surface area contributed by atoms with E-state index in [1.165, 1.54) is 63.9 Å². The predicted octanol–water partition coefficient (Wildman–Crippen LogP) is 6.54. The molecule has 0 bridgehead atoms. The molecule has 160 valence electrons. The van der Waals surface area contributed by atoms with Crippen LogP contribution in [0, 0.1) is 0 Å². The Balaban J connectivity index is 3.45. The SMILES string of the molecule is C=CC(=O)OC(C)CCCCCCCCCCCC[Si](CCC)(OC)OC. The normalized spacial score (nSPS) is 12.7. The molecule has 27 heavy (non-hydrogen) atoms. The van der Waals surface area contributed by atoms with Crippen LogP contribution in [0.4, 0.5) is 0 Å². The summed E-state index contributed by atoms with van der Waals surface area (Å²) in [5.41, 5.74) is 0. The van der Waals surface area contributed by atoms with Crippen LogP contribution in [0.25, 0.3) is 0 Å². The van der Waals surface area contributed by atoms with Crippen LogP contribution in [0.2, 0.25) is 12.1 Å². The molecule has 0 amide bonds. The van der Waals surface area contributed by atoms with Crippen molar-refractivity contribution in [2.24, 2.45) is 0 Å². The molecule has 0 aromatic rings. The maximum absolute atomic E-state index is 11.1. The highest BCUT2D eigenvalue weighted by atomic mass is 28.4. The zero-order valence-electron chi connectivity index (χ0n) is 18.4. The Bertz CT molecular complexity index is 369. The summed E-state index contributed by atoms with van der Waals surface area (Å²) >= 11 is 0. The average molecular weight is 401 g/mol. The highest BCUT2D eigenvalue weighted by Crippen LogP contribution is 2.23. The van der Waals surface area contributed by atoms with E-state index in [1.54, 1.807) is 0 Å². The molecule has 0 aliphatic heterocycles. The lowest BCUT2D eigenvalue weighted by molar-refractivity contribution is -0.142. The average Bonchev–Trinajstić information content (AvgIpc) is 2.67. The highest BCUT2D eigenvalue weighted by molar-refractivity contribution is 6.67. The first kappa shape index (κ1) is 26.3. The summed E-state index contributed by atoms with van der Waals surface area (Å²) in [5, 5.41) is 0. The maximum atomic E-state index is 11.1. The van der Waals surface area contributed by atoms with Gasteiger partial charge in [-0.25, -0.2) is 4.79 Å². The van der Waals surface area contributed by atoms with Crippen molar-refractivity contribution in [2.45, 2.75) is 109 Å². The van der Waals surface area contributed by atoms with Crippen LogP contribution in [0.1, 0.15) is 90.9 Å². The Hall–Kier alpha value is -0.653. The van der Waals surface area contributed by atoms with E-state index in [2.05, 4.69) is 13.5 Å². The molecule has 0 fully saturated rings. The van der Waals surface area contributed by atoms with Gasteiger partial charge in [-0.2, -0.15) is 0 Å². The summed E-state index contributed by atoms with van der Waals surface area (Å²) < 4.78 is 16.7. The van der Waals surface area contributed by atoms with E-state index in [0.29, 0.717) is 0 Å². The van der Waals surface area contributed by atoms with Crippen molar-refractivity contribution in [3.8, 4) is 0 Å². The third-order valence-electron chi connectivity index (χ3n) is 5.28. The van der Waals surface area contributed by atoms with E-state index in [-0.39, 0.29) is 12.1 Å². The zero-order chi connectivity index (χ0) is 20.4. The van der Waals surface area contributed by atoms with Crippen LogP contribution in [0.3, 0.4) is 0 Å². The molecule has 0 saturated carbocycles. The molecule has 0 aromatic heterocycles. The Morgan fingerprint density at radius 3 is 1.81 bits per heavy atom. The summed E-state index contributed by atoms with van der Waals surface area (Å²) in [6.45, 7) is 7.58. The quantitative estimate of drug-likeness (QED) is 0.107. The van der Waals surface area contributed by atoms with Gasteiger partial charge < -0.3 is 13.6 Å². The lowest BCUT2D eigenvalue weighted by atomic mass is 10.0. The topological polar surface area (TPSA) is 44.8 Å². The van der Waals surface area contributed by atoms with Crippen molar-refractivity contribution < 1.29 is 18.4 Å². The number of carbonyl (C=O) groups is 1. The van der Waals surface area contributed by atoms with Crippen LogP contribution in [-0.4, -0.2) is 34.9 Å². The first-order valence-corrected chi connectivity index (χ1v) is 13.2. The molecule has 0 N–H and O–H groups in total. The van der Waals surface area contributed by atoms with Gasteiger partial charge in [0.15, 0.2) is 0 Å². The van der Waals surface area contributed by atoms with Crippen molar-refractivity contribution in [1.29, 1.82) is 0 Å². The van der Waals surface area contributed by atoms with Crippen LogP contribution in [0.15, 0.2) is 12.7 Å². The lowest BCUT2D eigenvalue weighted by Gasteiger charge is -2.27. The lowest BCUT2D eigenvalue weighted by Crippen LogP contribution is -2.39. The first-order valence-electron chi connectivity index (χ1n) is 11.0. The van der Waals surface area contributed by atoms with Crippen LogP contribution < -0.4 is 0 Å². The van der Waals surface area contributed by atoms with E-state index in [4.69, 9.17) is 13.6 Å². The highest BCUT2D eigenvalue weighted by Gasteiger charge is 2.33. The number of rotatable bonds is 19. The van der Waals surface area contributed by atoms with Gasteiger partial charge in [-0.15, -0.1) is 0 Å². The summed E-state index contributed by atoms with van der Waals surface area (Å²) in [6, 6.07) is 2.24. The number of hydrogen-bond donors (Lipinski definition) is 0. The molecule has 5 heteroatoms. The Labute approximate surface area is 169 Å². The van der Waals surface area contributed by atoms with E-state index >= 15 is 0 Å². The molecular weight excluding hydrogens is 356 g/mol. The van der Waals surface area contributed by atoms with Crippen molar-refractivity contribution in [2.75, 3.05) is 14.2 Å². The molecule has 1 atom stereocenters. The van der Waals surface area contributed by atoms with Crippen molar-refractivity contribution in [3.63, 3.8) is 0 Å². The molecule has 0 aromatic carbocycles. The van der Waals surface area contributed by atoms with Gasteiger partial charge in [-0.05, 0) is 31.9 Å². The standard InChI is InChI=1S/C22H44O4Si/c1-6-19-27(24-4,25-5)20-17-15-13-11-9-8-10-12-14-16-18-21(3)26-22(23)7-2/h7,21H,2,6,8-20H2,1,3-5H3. The molecule has 0 spiro atoms. The Morgan fingerprint density at radius 2 is 1.37 bits per heavy atom. The van der Waals surface area contributed by atoms with Gasteiger partial charge in [-0.1, -0.05) is 77.7 Å². The van der Waals surface area contributed by atoms with E-state index in [0.717, 1.165) is 31.4 Å². The molecule has 0 aliphatic rings. The molecular formula is C22H44O4Si. The van der Waals surface area contributed by atoms with Crippen molar-refractivity contribution in [3.05, 3.63) is 12.7 Å². The van der Waals surface area contributed by atoms with Gasteiger partial charge in [0.1, 0.15) is 0 Å². The second-order valence-electron chi connectivity index (χ2n) is 7.59. The molecule has 1 unspecified atom stereocenters. The smallest absolute Gasteiger partial charge is 0.337 e.